The van der Waals surface area contributed by atoms with Gasteiger partial charge < -0.3 is 15.5 Å². The van der Waals surface area contributed by atoms with E-state index in [9.17, 15) is 9.18 Å². The van der Waals surface area contributed by atoms with Crippen LogP contribution < -0.4 is 15.5 Å². The van der Waals surface area contributed by atoms with E-state index in [0.717, 1.165) is 16.9 Å². The van der Waals surface area contributed by atoms with Crippen molar-refractivity contribution in [2.75, 3.05) is 23.0 Å². The quantitative estimate of drug-likeness (QED) is 0.436. The first-order valence-electron chi connectivity index (χ1n) is 9.47. The van der Waals surface area contributed by atoms with Gasteiger partial charge in [0.25, 0.3) is 0 Å². The predicted octanol–water partition coefficient (Wildman–Crippen LogP) is 3.47. The normalized spacial score (nSPS) is 10.8. The van der Waals surface area contributed by atoms with E-state index in [1.54, 1.807) is 17.0 Å². The van der Waals surface area contributed by atoms with Crippen LogP contribution in [0.3, 0.4) is 0 Å². The van der Waals surface area contributed by atoms with E-state index in [0.29, 0.717) is 23.2 Å². The molecule has 0 aliphatic heterocycles. The van der Waals surface area contributed by atoms with E-state index in [-0.39, 0.29) is 24.1 Å². The Morgan fingerprint density at radius 2 is 1.93 bits per heavy atom. The molecule has 0 aliphatic rings. The van der Waals surface area contributed by atoms with Gasteiger partial charge in [-0.3, -0.25) is 4.79 Å². The lowest BCUT2D eigenvalue weighted by atomic mass is 10.1. The first-order chi connectivity index (χ1) is 14.4. The highest BCUT2D eigenvalue weighted by Crippen LogP contribution is 2.22. The van der Waals surface area contributed by atoms with Gasteiger partial charge in [-0.05, 0) is 56.7 Å². The van der Waals surface area contributed by atoms with Crippen LogP contribution in [0.25, 0.3) is 0 Å². The average Bonchev–Trinajstić information content (AvgIpc) is 3.07. The molecule has 1 aromatic heterocycles. The number of aryl methyl sites for hydroxylation is 2. The molecular weight excluding hydrogens is 405 g/mol. The second-order valence-corrected chi connectivity index (χ2v) is 7.67. The number of halogens is 1. The van der Waals surface area contributed by atoms with E-state index < -0.39 is 0 Å². The summed E-state index contributed by atoms with van der Waals surface area (Å²) in [5.74, 6) is 6.93. The summed E-state index contributed by atoms with van der Waals surface area (Å²) in [5, 5.41) is 8.54. The van der Waals surface area contributed by atoms with E-state index in [1.165, 1.54) is 28.6 Å². The standard InChI is InChI=1S/C21H24FN5O2S/c1-4-26(17-8-6-16(22)7-9-17)20(28)13-30-21-25-24-19(27(21)23)12-29-18-10-5-14(2)11-15(18)3/h5-11H,4,12-13,23H2,1-3H3. The van der Waals surface area contributed by atoms with E-state index in [4.69, 9.17) is 10.6 Å². The Bertz CT molecular complexity index is 1020. The van der Waals surface area contributed by atoms with Crippen LogP contribution in [0, 0.1) is 19.7 Å². The Morgan fingerprint density at radius 1 is 1.20 bits per heavy atom. The molecule has 0 radical (unpaired) electrons. The van der Waals surface area contributed by atoms with Gasteiger partial charge in [0.1, 0.15) is 18.2 Å². The van der Waals surface area contributed by atoms with Crippen molar-refractivity contribution >= 4 is 23.4 Å². The highest BCUT2D eigenvalue weighted by atomic mass is 32.2. The zero-order valence-electron chi connectivity index (χ0n) is 17.1. The van der Waals surface area contributed by atoms with Gasteiger partial charge in [0.05, 0.1) is 5.75 Å². The van der Waals surface area contributed by atoms with Gasteiger partial charge in [-0.25, -0.2) is 9.07 Å². The molecule has 30 heavy (non-hydrogen) atoms. The second kappa shape index (κ2) is 9.62. The lowest BCUT2D eigenvalue weighted by Crippen LogP contribution is -2.32. The number of hydrogen-bond donors (Lipinski definition) is 1. The third kappa shape index (κ3) is 5.10. The van der Waals surface area contributed by atoms with Crippen LogP contribution in [0.4, 0.5) is 10.1 Å². The van der Waals surface area contributed by atoms with Crippen molar-refractivity contribution in [1.29, 1.82) is 0 Å². The van der Waals surface area contributed by atoms with Crippen LogP contribution in [0.15, 0.2) is 47.6 Å². The summed E-state index contributed by atoms with van der Waals surface area (Å²) >= 11 is 1.19. The molecule has 1 amide bonds. The van der Waals surface area contributed by atoms with Crippen LogP contribution >= 0.6 is 11.8 Å². The maximum atomic E-state index is 13.1. The Hall–Kier alpha value is -3.07. The molecular formula is C21H24FN5O2S. The van der Waals surface area contributed by atoms with Crippen LogP contribution in [-0.2, 0) is 11.4 Å². The summed E-state index contributed by atoms with van der Waals surface area (Å²) in [4.78, 5) is 14.2. The molecule has 0 atom stereocenters. The molecule has 0 fully saturated rings. The number of nitrogens with zero attached hydrogens (tertiary/aromatic N) is 4. The third-order valence-electron chi connectivity index (χ3n) is 4.50. The third-order valence-corrected chi connectivity index (χ3v) is 5.43. The topological polar surface area (TPSA) is 86.3 Å². The Balaban J connectivity index is 1.60. The largest absolute Gasteiger partial charge is 0.485 e. The lowest BCUT2D eigenvalue weighted by molar-refractivity contribution is -0.116. The Kier molecular flexibility index (Phi) is 6.94. The summed E-state index contributed by atoms with van der Waals surface area (Å²) in [7, 11) is 0. The van der Waals surface area contributed by atoms with Crippen LogP contribution in [0.5, 0.6) is 5.75 Å². The Morgan fingerprint density at radius 3 is 2.60 bits per heavy atom. The fourth-order valence-corrected chi connectivity index (χ4v) is 3.69. The van der Waals surface area contributed by atoms with Crippen molar-refractivity contribution in [3.05, 3.63) is 65.2 Å². The van der Waals surface area contributed by atoms with Crippen molar-refractivity contribution in [3.63, 3.8) is 0 Å². The monoisotopic (exact) mass is 429 g/mol. The average molecular weight is 430 g/mol. The van der Waals surface area contributed by atoms with Crippen molar-refractivity contribution < 1.29 is 13.9 Å². The van der Waals surface area contributed by atoms with Gasteiger partial charge in [-0.2, -0.15) is 0 Å². The minimum atomic E-state index is -0.344. The van der Waals surface area contributed by atoms with Gasteiger partial charge in [0.15, 0.2) is 5.82 Å². The van der Waals surface area contributed by atoms with Crippen molar-refractivity contribution in [2.24, 2.45) is 0 Å². The molecule has 1 heterocycles. The van der Waals surface area contributed by atoms with Crippen molar-refractivity contribution in [1.82, 2.24) is 14.9 Å². The number of thioether (sulfide) groups is 1. The smallest absolute Gasteiger partial charge is 0.237 e. The van der Waals surface area contributed by atoms with E-state index in [2.05, 4.69) is 10.2 Å². The number of aromatic nitrogens is 3. The summed E-state index contributed by atoms with van der Waals surface area (Å²) < 4.78 is 20.3. The minimum absolute atomic E-state index is 0.123. The number of amides is 1. The number of carbonyl (C=O) groups excluding carboxylic acids is 1. The van der Waals surface area contributed by atoms with E-state index >= 15 is 0 Å². The number of ether oxygens (including phenoxy) is 1. The molecule has 0 bridgehead atoms. The molecule has 158 valence electrons. The molecule has 3 aromatic rings. The molecule has 2 aromatic carbocycles. The van der Waals surface area contributed by atoms with Crippen molar-refractivity contribution in [3.8, 4) is 5.75 Å². The molecule has 3 rings (SSSR count). The maximum Gasteiger partial charge on any atom is 0.237 e. The van der Waals surface area contributed by atoms with Gasteiger partial charge in [0, 0.05) is 12.2 Å². The first-order valence-corrected chi connectivity index (χ1v) is 10.5. The maximum absolute atomic E-state index is 13.1. The molecule has 2 N–H and O–H groups in total. The van der Waals surface area contributed by atoms with Crippen LogP contribution in [0.2, 0.25) is 0 Å². The van der Waals surface area contributed by atoms with Gasteiger partial charge in [0.2, 0.25) is 11.1 Å². The number of carbonyl (C=O) groups is 1. The number of benzene rings is 2. The number of nitrogens with two attached hydrogens (primary N) is 1. The van der Waals surface area contributed by atoms with Gasteiger partial charge >= 0.3 is 0 Å². The molecule has 7 nitrogen and oxygen atoms in total. The molecule has 0 saturated heterocycles. The number of anilines is 1. The first kappa shape index (κ1) is 21.6. The minimum Gasteiger partial charge on any atom is -0.485 e. The van der Waals surface area contributed by atoms with Crippen LogP contribution in [-0.4, -0.2) is 33.1 Å². The fraction of sp³-hybridized carbons (Fsp3) is 0.286. The Labute approximate surface area is 179 Å². The summed E-state index contributed by atoms with van der Waals surface area (Å²) in [5.41, 5.74) is 2.83. The summed E-state index contributed by atoms with van der Waals surface area (Å²) in [6, 6.07) is 11.7. The molecule has 0 spiro atoms. The lowest BCUT2D eigenvalue weighted by Gasteiger charge is -2.20. The van der Waals surface area contributed by atoms with Gasteiger partial charge in [-0.1, -0.05) is 29.5 Å². The second-order valence-electron chi connectivity index (χ2n) is 6.73. The highest BCUT2D eigenvalue weighted by molar-refractivity contribution is 7.99. The predicted molar refractivity (Wildman–Crippen MR) is 116 cm³/mol. The fourth-order valence-electron chi connectivity index (χ4n) is 2.94. The molecule has 0 saturated carbocycles. The summed E-state index contributed by atoms with van der Waals surface area (Å²) in [6.07, 6.45) is 0. The number of nitrogen functional groups attached to an aromatic ring is 1. The van der Waals surface area contributed by atoms with Crippen LogP contribution in [0.1, 0.15) is 23.9 Å². The highest BCUT2D eigenvalue weighted by Gasteiger charge is 2.17. The molecule has 9 heteroatoms. The molecule has 0 aliphatic carbocycles. The van der Waals surface area contributed by atoms with Gasteiger partial charge in [-0.15, -0.1) is 10.2 Å². The number of hydrogen-bond acceptors (Lipinski definition) is 6. The molecule has 0 unspecified atom stereocenters. The number of rotatable bonds is 8. The SMILES string of the molecule is CCN(C(=O)CSc1nnc(COc2ccc(C)cc2C)n1N)c1ccc(F)cc1. The zero-order valence-corrected chi connectivity index (χ0v) is 17.9. The zero-order chi connectivity index (χ0) is 21.7. The van der Waals surface area contributed by atoms with Crippen molar-refractivity contribution in [2.45, 2.75) is 32.5 Å². The van der Waals surface area contributed by atoms with E-state index in [1.807, 2.05) is 39.0 Å². The summed E-state index contributed by atoms with van der Waals surface area (Å²) in [6.45, 7) is 6.49.